The van der Waals surface area contributed by atoms with Gasteiger partial charge in [0.05, 0.1) is 5.69 Å². The first-order valence-electron chi connectivity index (χ1n) is 6.57. The molecule has 0 saturated carbocycles. The molecule has 0 atom stereocenters. The van der Waals surface area contributed by atoms with E-state index >= 15 is 0 Å². The van der Waals surface area contributed by atoms with E-state index in [4.69, 9.17) is 10.5 Å². The lowest BCUT2D eigenvalue weighted by Gasteiger charge is -2.29. The predicted octanol–water partition coefficient (Wildman–Crippen LogP) is 1.10. The molecule has 3 N–H and O–H groups in total. The lowest BCUT2D eigenvalue weighted by molar-refractivity contribution is 0.0960. The second kappa shape index (κ2) is 5.93. The number of hydrogen-bond acceptors (Lipinski definition) is 4. The maximum Gasteiger partial charge on any atom is 0.251 e. The molecular formula is C14H21N3O2. The van der Waals surface area contributed by atoms with Gasteiger partial charge in [0.1, 0.15) is 11.9 Å². The van der Waals surface area contributed by atoms with Crippen molar-refractivity contribution in [1.29, 1.82) is 0 Å². The summed E-state index contributed by atoms with van der Waals surface area (Å²) < 4.78 is 5.94. The van der Waals surface area contributed by atoms with Gasteiger partial charge in [0.25, 0.3) is 5.91 Å². The van der Waals surface area contributed by atoms with Crippen LogP contribution in [0, 0.1) is 0 Å². The van der Waals surface area contributed by atoms with E-state index in [1.54, 1.807) is 25.2 Å². The Labute approximate surface area is 113 Å². The van der Waals surface area contributed by atoms with Gasteiger partial charge in [-0.05, 0) is 38.1 Å². The lowest BCUT2D eigenvalue weighted by Crippen LogP contribution is -2.35. The Balaban J connectivity index is 2.08. The fraction of sp³-hybridized carbons (Fsp3) is 0.500. The van der Waals surface area contributed by atoms with Crippen molar-refractivity contribution in [3.63, 3.8) is 0 Å². The third kappa shape index (κ3) is 3.38. The minimum atomic E-state index is -0.131. The molecule has 0 unspecified atom stereocenters. The zero-order valence-corrected chi connectivity index (χ0v) is 11.5. The number of piperidine rings is 1. The fourth-order valence-electron chi connectivity index (χ4n) is 2.20. The van der Waals surface area contributed by atoms with Crippen LogP contribution in [0.25, 0.3) is 0 Å². The van der Waals surface area contributed by atoms with Crippen LogP contribution in [0.2, 0.25) is 0 Å². The minimum absolute atomic E-state index is 0.131. The zero-order valence-electron chi connectivity index (χ0n) is 11.5. The Morgan fingerprint density at radius 2 is 2.11 bits per heavy atom. The molecule has 1 aliphatic rings. The maximum absolute atomic E-state index is 11.6. The number of amides is 1. The van der Waals surface area contributed by atoms with Crippen LogP contribution >= 0.6 is 0 Å². The quantitative estimate of drug-likeness (QED) is 0.801. The van der Waals surface area contributed by atoms with Crippen molar-refractivity contribution in [2.45, 2.75) is 18.9 Å². The highest BCUT2D eigenvalue weighted by Gasteiger charge is 2.19. The van der Waals surface area contributed by atoms with Crippen LogP contribution < -0.4 is 15.8 Å². The molecule has 1 aromatic rings. The monoisotopic (exact) mass is 263 g/mol. The summed E-state index contributed by atoms with van der Waals surface area (Å²) in [6.07, 6.45) is 2.15. The number of nitrogens with two attached hydrogens (primary N) is 1. The number of ether oxygens (including phenoxy) is 1. The molecule has 1 amide bonds. The van der Waals surface area contributed by atoms with Crippen molar-refractivity contribution in [3.8, 4) is 5.75 Å². The number of nitrogen functional groups attached to an aromatic ring is 1. The first kappa shape index (κ1) is 13.7. The molecular weight excluding hydrogens is 242 g/mol. The van der Waals surface area contributed by atoms with E-state index in [0.29, 0.717) is 17.0 Å². The van der Waals surface area contributed by atoms with Gasteiger partial charge in [-0.15, -0.1) is 0 Å². The molecule has 1 fully saturated rings. The average Bonchev–Trinajstić information content (AvgIpc) is 2.43. The summed E-state index contributed by atoms with van der Waals surface area (Å²) in [6.45, 7) is 2.05. The Morgan fingerprint density at radius 1 is 1.42 bits per heavy atom. The Bertz CT molecular complexity index is 454. The van der Waals surface area contributed by atoms with Crippen molar-refractivity contribution < 1.29 is 9.53 Å². The summed E-state index contributed by atoms with van der Waals surface area (Å²) in [5, 5.41) is 2.60. The molecule has 5 heteroatoms. The number of anilines is 1. The first-order chi connectivity index (χ1) is 9.10. The van der Waals surface area contributed by atoms with E-state index in [1.165, 1.54) is 0 Å². The van der Waals surface area contributed by atoms with E-state index in [-0.39, 0.29) is 12.0 Å². The van der Waals surface area contributed by atoms with E-state index in [0.717, 1.165) is 25.9 Å². The molecule has 0 bridgehead atoms. The summed E-state index contributed by atoms with van der Waals surface area (Å²) in [7, 11) is 3.72. The van der Waals surface area contributed by atoms with Crippen LogP contribution in [0.1, 0.15) is 23.2 Å². The van der Waals surface area contributed by atoms with Gasteiger partial charge in [0.15, 0.2) is 0 Å². The topological polar surface area (TPSA) is 67.6 Å². The van der Waals surface area contributed by atoms with Crippen molar-refractivity contribution in [2.24, 2.45) is 0 Å². The van der Waals surface area contributed by atoms with Crippen LogP contribution in [-0.4, -0.2) is 44.1 Å². The molecule has 5 nitrogen and oxygen atoms in total. The number of carbonyl (C=O) groups excluding carboxylic acids is 1. The summed E-state index contributed by atoms with van der Waals surface area (Å²) in [5.74, 6) is 0.476. The van der Waals surface area contributed by atoms with E-state index in [2.05, 4.69) is 17.3 Å². The molecule has 1 aliphatic heterocycles. The predicted molar refractivity (Wildman–Crippen MR) is 75.4 cm³/mol. The molecule has 1 aromatic carbocycles. The zero-order chi connectivity index (χ0) is 13.8. The van der Waals surface area contributed by atoms with Gasteiger partial charge in [-0.1, -0.05) is 0 Å². The largest absolute Gasteiger partial charge is 0.488 e. The lowest BCUT2D eigenvalue weighted by atomic mass is 10.1. The van der Waals surface area contributed by atoms with Gasteiger partial charge in [0, 0.05) is 25.7 Å². The summed E-state index contributed by atoms with van der Waals surface area (Å²) in [4.78, 5) is 13.9. The Morgan fingerprint density at radius 3 is 2.74 bits per heavy atom. The first-order valence-corrected chi connectivity index (χ1v) is 6.57. The van der Waals surface area contributed by atoms with E-state index in [1.807, 2.05) is 0 Å². The van der Waals surface area contributed by atoms with Gasteiger partial charge in [0.2, 0.25) is 0 Å². The summed E-state index contributed by atoms with van der Waals surface area (Å²) in [6, 6.07) is 5.14. The summed E-state index contributed by atoms with van der Waals surface area (Å²) in [5.41, 5.74) is 7.05. The average molecular weight is 263 g/mol. The standard InChI is InChI=1S/C14H21N3O2/c1-16-14(18)10-3-4-12(15)13(9-10)19-11-5-7-17(2)8-6-11/h3-4,9,11H,5-8,15H2,1-2H3,(H,16,18). The second-order valence-electron chi connectivity index (χ2n) is 4.95. The van der Waals surface area contributed by atoms with E-state index < -0.39 is 0 Å². The van der Waals surface area contributed by atoms with Crippen molar-refractivity contribution in [1.82, 2.24) is 10.2 Å². The molecule has 104 valence electrons. The minimum Gasteiger partial charge on any atom is -0.488 e. The van der Waals surface area contributed by atoms with Gasteiger partial charge in [-0.2, -0.15) is 0 Å². The normalized spacial score (nSPS) is 17.2. The third-order valence-electron chi connectivity index (χ3n) is 3.46. The third-order valence-corrected chi connectivity index (χ3v) is 3.46. The van der Waals surface area contributed by atoms with Crippen molar-refractivity contribution in [3.05, 3.63) is 23.8 Å². The van der Waals surface area contributed by atoms with E-state index in [9.17, 15) is 4.79 Å². The maximum atomic E-state index is 11.6. The Hall–Kier alpha value is -1.75. The number of benzene rings is 1. The highest BCUT2D eigenvalue weighted by atomic mass is 16.5. The number of carbonyl (C=O) groups is 1. The number of nitrogens with one attached hydrogen (secondary N) is 1. The fourth-order valence-corrected chi connectivity index (χ4v) is 2.20. The van der Waals surface area contributed by atoms with Crippen LogP contribution in [-0.2, 0) is 0 Å². The van der Waals surface area contributed by atoms with Crippen LogP contribution in [0.3, 0.4) is 0 Å². The number of rotatable bonds is 3. The number of nitrogens with zero attached hydrogens (tertiary/aromatic N) is 1. The molecule has 0 radical (unpaired) electrons. The molecule has 0 aromatic heterocycles. The van der Waals surface area contributed by atoms with Crippen molar-refractivity contribution in [2.75, 3.05) is 32.9 Å². The molecule has 19 heavy (non-hydrogen) atoms. The van der Waals surface area contributed by atoms with Gasteiger partial charge in [-0.3, -0.25) is 4.79 Å². The molecule has 0 aliphatic carbocycles. The van der Waals surface area contributed by atoms with Gasteiger partial charge in [-0.25, -0.2) is 0 Å². The van der Waals surface area contributed by atoms with Crippen molar-refractivity contribution >= 4 is 11.6 Å². The summed E-state index contributed by atoms with van der Waals surface area (Å²) >= 11 is 0. The molecule has 2 rings (SSSR count). The molecule has 0 spiro atoms. The second-order valence-corrected chi connectivity index (χ2v) is 4.95. The highest BCUT2D eigenvalue weighted by molar-refractivity contribution is 5.95. The molecule has 1 heterocycles. The van der Waals surface area contributed by atoms with Gasteiger partial charge >= 0.3 is 0 Å². The Kier molecular flexibility index (Phi) is 4.27. The molecule has 1 saturated heterocycles. The van der Waals surface area contributed by atoms with Crippen LogP contribution in [0.5, 0.6) is 5.75 Å². The number of hydrogen-bond donors (Lipinski definition) is 2. The number of likely N-dealkylation sites (tertiary alicyclic amines) is 1. The van der Waals surface area contributed by atoms with Crippen LogP contribution in [0.4, 0.5) is 5.69 Å². The SMILES string of the molecule is CNC(=O)c1ccc(N)c(OC2CCN(C)CC2)c1. The van der Waals surface area contributed by atoms with Crippen LogP contribution in [0.15, 0.2) is 18.2 Å². The van der Waals surface area contributed by atoms with Gasteiger partial charge < -0.3 is 20.7 Å². The smallest absolute Gasteiger partial charge is 0.251 e. The highest BCUT2D eigenvalue weighted by Crippen LogP contribution is 2.26.